The number of hydrogen-bond acceptors (Lipinski definition) is 2. The Labute approximate surface area is 143 Å². The first-order chi connectivity index (χ1) is 11.7. The zero-order valence-corrected chi connectivity index (χ0v) is 14.4. The molecule has 1 aromatic heterocycles. The average molecular weight is 320 g/mol. The van der Waals surface area contributed by atoms with Crippen LogP contribution in [-0.4, -0.2) is 22.8 Å². The molecule has 1 amide bonds. The number of amides is 1. The van der Waals surface area contributed by atoms with Gasteiger partial charge in [0, 0.05) is 19.2 Å². The van der Waals surface area contributed by atoms with Crippen LogP contribution in [0.4, 0.5) is 0 Å². The molecule has 2 fully saturated rings. The van der Waals surface area contributed by atoms with Crippen molar-refractivity contribution in [3.05, 3.63) is 65.5 Å². The molecule has 0 radical (unpaired) electrons. The average Bonchev–Trinajstić information content (AvgIpc) is 3.08. The molecule has 4 atom stereocenters. The molecular formula is C21H24N2O. The van der Waals surface area contributed by atoms with Crippen molar-refractivity contribution in [3.63, 3.8) is 0 Å². The molecule has 1 aromatic carbocycles. The molecule has 4 rings (SSSR count). The van der Waals surface area contributed by atoms with E-state index in [0.717, 1.165) is 11.3 Å². The van der Waals surface area contributed by atoms with Crippen LogP contribution in [0.15, 0.2) is 48.7 Å². The van der Waals surface area contributed by atoms with Gasteiger partial charge in [-0.3, -0.25) is 9.78 Å². The van der Waals surface area contributed by atoms with Crippen molar-refractivity contribution in [2.75, 3.05) is 7.05 Å². The van der Waals surface area contributed by atoms with Crippen molar-refractivity contribution in [2.24, 2.45) is 17.8 Å². The highest BCUT2D eigenvalue weighted by Crippen LogP contribution is 2.58. The van der Waals surface area contributed by atoms with Gasteiger partial charge in [-0.1, -0.05) is 42.3 Å². The molecule has 2 saturated carbocycles. The van der Waals surface area contributed by atoms with E-state index < -0.39 is 0 Å². The number of carbonyl (C=O) groups is 1. The Hall–Kier alpha value is -2.16. The number of hydrogen-bond donors (Lipinski definition) is 0. The summed E-state index contributed by atoms with van der Waals surface area (Å²) < 4.78 is 0. The fourth-order valence-electron chi connectivity index (χ4n) is 4.43. The first-order valence-electron chi connectivity index (χ1n) is 8.91. The van der Waals surface area contributed by atoms with E-state index in [-0.39, 0.29) is 12.0 Å². The SMILES string of the molecule is Cc1ccc([C@@H](c2ccccn2)N(C)C(=O)C2[C@H]3CCC[C@@H]23)cc1. The van der Waals surface area contributed by atoms with E-state index in [1.165, 1.54) is 24.8 Å². The molecule has 0 aliphatic heterocycles. The van der Waals surface area contributed by atoms with E-state index in [0.29, 0.717) is 17.7 Å². The van der Waals surface area contributed by atoms with Crippen molar-refractivity contribution in [2.45, 2.75) is 32.2 Å². The van der Waals surface area contributed by atoms with Crippen LogP contribution in [0.3, 0.4) is 0 Å². The van der Waals surface area contributed by atoms with Crippen molar-refractivity contribution in [1.82, 2.24) is 9.88 Å². The highest BCUT2D eigenvalue weighted by atomic mass is 16.2. The van der Waals surface area contributed by atoms with E-state index in [2.05, 4.69) is 36.2 Å². The summed E-state index contributed by atoms with van der Waals surface area (Å²) in [6.45, 7) is 2.08. The third-order valence-electron chi connectivity index (χ3n) is 5.79. The third kappa shape index (κ3) is 2.62. The number of nitrogens with zero attached hydrogens (tertiary/aromatic N) is 2. The Balaban J connectivity index is 1.64. The van der Waals surface area contributed by atoms with Crippen molar-refractivity contribution < 1.29 is 4.79 Å². The molecule has 0 N–H and O–H groups in total. The predicted molar refractivity (Wildman–Crippen MR) is 94.4 cm³/mol. The van der Waals surface area contributed by atoms with Gasteiger partial charge in [-0.15, -0.1) is 0 Å². The monoisotopic (exact) mass is 320 g/mol. The standard InChI is InChI=1S/C21H24N2O/c1-14-9-11-15(12-10-14)20(18-8-3-4-13-22-18)23(2)21(24)19-16-6-5-7-17(16)19/h3-4,8-13,16-17,19-20H,5-7H2,1-2H3/t16-,17+,19?,20-/m0/s1. The smallest absolute Gasteiger partial charge is 0.226 e. The number of rotatable bonds is 4. The van der Waals surface area contributed by atoms with Crippen molar-refractivity contribution >= 4 is 5.91 Å². The summed E-state index contributed by atoms with van der Waals surface area (Å²) in [4.78, 5) is 19.5. The van der Waals surface area contributed by atoms with E-state index in [9.17, 15) is 4.79 Å². The highest BCUT2D eigenvalue weighted by molar-refractivity contribution is 5.83. The van der Waals surface area contributed by atoms with Crippen LogP contribution in [0.2, 0.25) is 0 Å². The molecule has 0 spiro atoms. The molecule has 0 saturated heterocycles. The Morgan fingerprint density at radius 1 is 1.12 bits per heavy atom. The molecule has 2 aliphatic carbocycles. The zero-order chi connectivity index (χ0) is 16.7. The minimum Gasteiger partial charge on any atom is -0.333 e. The summed E-state index contributed by atoms with van der Waals surface area (Å²) in [5, 5.41) is 0. The maximum atomic E-state index is 13.1. The van der Waals surface area contributed by atoms with Crippen LogP contribution in [0.5, 0.6) is 0 Å². The summed E-state index contributed by atoms with van der Waals surface area (Å²) in [6.07, 6.45) is 5.56. The van der Waals surface area contributed by atoms with Crippen LogP contribution >= 0.6 is 0 Å². The van der Waals surface area contributed by atoms with E-state index in [1.807, 2.05) is 30.1 Å². The summed E-state index contributed by atoms with van der Waals surface area (Å²) >= 11 is 0. The second-order valence-corrected chi connectivity index (χ2v) is 7.30. The van der Waals surface area contributed by atoms with E-state index in [1.54, 1.807) is 6.20 Å². The van der Waals surface area contributed by atoms with E-state index >= 15 is 0 Å². The first kappa shape index (κ1) is 15.4. The van der Waals surface area contributed by atoms with Crippen LogP contribution in [0.25, 0.3) is 0 Å². The summed E-state index contributed by atoms with van der Waals surface area (Å²) in [5.74, 6) is 1.83. The summed E-state index contributed by atoms with van der Waals surface area (Å²) in [5.41, 5.74) is 3.29. The lowest BCUT2D eigenvalue weighted by molar-refractivity contribution is -0.133. The number of aryl methyl sites for hydroxylation is 1. The Bertz CT molecular complexity index is 715. The topological polar surface area (TPSA) is 33.2 Å². The molecule has 0 bridgehead atoms. The van der Waals surface area contributed by atoms with Gasteiger partial charge in [-0.25, -0.2) is 0 Å². The van der Waals surface area contributed by atoms with Gasteiger partial charge in [-0.2, -0.15) is 0 Å². The molecule has 3 heteroatoms. The minimum absolute atomic E-state index is 0.111. The lowest BCUT2D eigenvalue weighted by Gasteiger charge is -2.29. The molecule has 24 heavy (non-hydrogen) atoms. The molecule has 2 aliphatic rings. The summed E-state index contributed by atoms with van der Waals surface area (Å²) in [6, 6.07) is 14.3. The van der Waals surface area contributed by atoms with Gasteiger partial charge in [0.2, 0.25) is 5.91 Å². The lowest BCUT2D eigenvalue weighted by Crippen LogP contribution is -2.34. The van der Waals surface area contributed by atoms with Crippen LogP contribution in [0.1, 0.15) is 42.1 Å². The number of fused-ring (bicyclic) bond motifs is 1. The molecular weight excluding hydrogens is 296 g/mol. The van der Waals surface area contributed by atoms with Gasteiger partial charge in [-0.05, 0) is 49.3 Å². The van der Waals surface area contributed by atoms with Crippen LogP contribution < -0.4 is 0 Å². The Kier molecular flexibility index (Phi) is 3.87. The number of pyridine rings is 1. The highest BCUT2D eigenvalue weighted by Gasteiger charge is 2.57. The quantitative estimate of drug-likeness (QED) is 0.853. The van der Waals surface area contributed by atoms with Gasteiger partial charge in [0.25, 0.3) is 0 Å². The minimum atomic E-state index is -0.111. The number of benzene rings is 1. The van der Waals surface area contributed by atoms with Crippen LogP contribution in [-0.2, 0) is 4.79 Å². The van der Waals surface area contributed by atoms with Gasteiger partial charge < -0.3 is 4.90 Å². The molecule has 3 nitrogen and oxygen atoms in total. The second-order valence-electron chi connectivity index (χ2n) is 7.30. The Morgan fingerprint density at radius 2 is 1.83 bits per heavy atom. The van der Waals surface area contributed by atoms with Gasteiger partial charge in [0.15, 0.2) is 0 Å². The Morgan fingerprint density at radius 3 is 2.46 bits per heavy atom. The number of aromatic nitrogens is 1. The normalized spacial score (nSPS) is 25.8. The largest absolute Gasteiger partial charge is 0.333 e. The summed E-state index contributed by atoms with van der Waals surface area (Å²) in [7, 11) is 1.94. The molecule has 124 valence electrons. The number of carbonyl (C=O) groups excluding carboxylic acids is 1. The fourth-order valence-corrected chi connectivity index (χ4v) is 4.43. The first-order valence-corrected chi connectivity index (χ1v) is 8.91. The maximum absolute atomic E-state index is 13.1. The van der Waals surface area contributed by atoms with E-state index in [4.69, 9.17) is 0 Å². The molecule has 1 unspecified atom stereocenters. The maximum Gasteiger partial charge on any atom is 0.226 e. The lowest BCUT2D eigenvalue weighted by atomic mass is 9.99. The van der Waals surface area contributed by atoms with Crippen molar-refractivity contribution in [3.8, 4) is 0 Å². The second kappa shape index (κ2) is 6.04. The fraction of sp³-hybridized carbons (Fsp3) is 0.429. The van der Waals surface area contributed by atoms with Gasteiger partial charge in [0.05, 0.1) is 11.7 Å². The van der Waals surface area contributed by atoms with Gasteiger partial charge in [0.1, 0.15) is 0 Å². The van der Waals surface area contributed by atoms with Crippen molar-refractivity contribution in [1.29, 1.82) is 0 Å². The molecule has 1 heterocycles. The predicted octanol–water partition coefficient (Wildman–Crippen LogP) is 3.98. The zero-order valence-electron chi connectivity index (χ0n) is 14.4. The van der Waals surface area contributed by atoms with Gasteiger partial charge >= 0.3 is 0 Å². The third-order valence-corrected chi connectivity index (χ3v) is 5.79. The molecule has 2 aromatic rings. The van der Waals surface area contributed by atoms with Crippen LogP contribution in [0, 0.1) is 24.7 Å².